The minimum Gasteiger partial charge on any atom is -0.360 e. The average molecular weight is 389 g/mol. The van der Waals surface area contributed by atoms with Gasteiger partial charge in [0.2, 0.25) is 5.91 Å². The van der Waals surface area contributed by atoms with E-state index in [1.165, 1.54) is 0 Å². The lowest BCUT2D eigenvalue weighted by molar-refractivity contribution is -0.140. The molecule has 0 aromatic carbocycles. The number of aromatic nitrogens is 1. The molecule has 2 saturated carbocycles. The van der Waals surface area contributed by atoms with Gasteiger partial charge in [-0.3, -0.25) is 9.59 Å². The van der Waals surface area contributed by atoms with Crippen LogP contribution in [0, 0.1) is 5.92 Å². The molecule has 3 aliphatic rings. The smallest absolute Gasteiger partial charge is 0.273 e. The van der Waals surface area contributed by atoms with Crippen LogP contribution in [-0.2, 0) is 4.79 Å². The van der Waals surface area contributed by atoms with Gasteiger partial charge in [0.1, 0.15) is 5.76 Å². The van der Waals surface area contributed by atoms with Gasteiger partial charge in [-0.25, -0.2) is 0 Å². The van der Waals surface area contributed by atoms with Crippen LogP contribution < -0.4 is 11.1 Å². The van der Waals surface area contributed by atoms with Gasteiger partial charge in [-0.05, 0) is 57.8 Å². The maximum absolute atomic E-state index is 13.0. The number of carbonyl (C=O) groups excluding carboxylic acids is 2. The van der Waals surface area contributed by atoms with Gasteiger partial charge in [-0.1, -0.05) is 12.1 Å². The molecule has 0 spiro atoms. The van der Waals surface area contributed by atoms with E-state index in [0.29, 0.717) is 18.2 Å². The molecule has 7 heteroatoms. The fraction of sp³-hybridized carbons (Fsp3) is 0.762. The van der Waals surface area contributed by atoms with Crippen LogP contribution in [0.4, 0.5) is 0 Å². The molecule has 154 valence electrons. The largest absolute Gasteiger partial charge is 0.360 e. The molecule has 3 N–H and O–H groups in total. The third kappa shape index (κ3) is 4.24. The summed E-state index contributed by atoms with van der Waals surface area (Å²) in [7, 11) is 0. The maximum Gasteiger partial charge on any atom is 0.273 e. The summed E-state index contributed by atoms with van der Waals surface area (Å²) >= 11 is 0. The van der Waals surface area contributed by atoms with E-state index in [4.69, 9.17) is 10.3 Å². The van der Waals surface area contributed by atoms with Crippen molar-refractivity contribution in [1.82, 2.24) is 15.4 Å². The highest BCUT2D eigenvalue weighted by molar-refractivity contribution is 5.92. The molecule has 3 fully saturated rings. The number of nitrogens with zero attached hydrogens (tertiary/aromatic N) is 2. The minimum absolute atomic E-state index is 0.0716. The molecule has 1 unspecified atom stereocenters. The van der Waals surface area contributed by atoms with Crippen molar-refractivity contribution < 1.29 is 14.1 Å². The first-order valence-corrected chi connectivity index (χ1v) is 10.9. The lowest BCUT2D eigenvalue weighted by Gasteiger charge is -2.41. The number of likely N-dealkylation sites (tertiary alicyclic amines) is 1. The van der Waals surface area contributed by atoms with E-state index >= 15 is 0 Å². The quantitative estimate of drug-likeness (QED) is 0.807. The summed E-state index contributed by atoms with van der Waals surface area (Å²) in [5.74, 6) is 1.51. The summed E-state index contributed by atoms with van der Waals surface area (Å²) in [6.07, 6.45) is 8.43. The van der Waals surface area contributed by atoms with Gasteiger partial charge in [-0.15, -0.1) is 0 Å². The van der Waals surface area contributed by atoms with Crippen LogP contribution >= 0.6 is 0 Å². The first-order chi connectivity index (χ1) is 13.5. The molecular weight excluding hydrogens is 356 g/mol. The topological polar surface area (TPSA) is 101 Å². The Labute approximate surface area is 166 Å². The minimum atomic E-state index is -0.170. The van der Waals surface area contributed by atoms with Crippen molar-refractivity contribution in [2.45, 2.75) is 88.8 Å². The van der Waals surface area contributed by atoms with Gasteiger partial charge in [-0.2, -0.15) is 0 Å². The van der Waals surface area contributed by atoms with Crippen LogP contribution in [-0.4, -0.2) is 46.5 Å². The normalized spacial score (nSPS) is 30.9. The van der Waals surface area contributed by atoms with Gasteiger partial charge in [0, 0.05) is 42.6 Å². The lowest BCUT2D eigenvalue weighted by Crippen LogP contribution is -2.53. The number of carbonyl (C=O) groups is 2. The zero-order valence-corrected chi connectivity index (χ0v) is 16.7. The Balaban J connectivity index is 1.32. The zero-order valence-electron chi connectivity index (χ0n) is 16.7. The van der Waals surface area contributed by atoms with Crippen LogP contribution in [0.25, 0.3) is 0 Å². The summed E-state index contributed by atoms with van der Waals surface area (Å²) in [5.41, 5.74) is 6.35. The molecule has 1 aromatic rings. The molecule has 28 heavy (non-hydrogen) atoms. The van der Waals surface area contributed by atoms with Crippen LogP contribution in [0.15, 0.2) is 10.6 Å². The van der Waals surface area contributed by atoms with E-state index in [-0.39, 0.29) is 35.9 Å². The zero-order chi connectivity index (χ0) is 19.7. The summed E-state index contributed by atoms with van der Waals surface area (Å²) in [6.45, 7) is 2.82. The average Bonchev–Trinajstić information content (AvgIpc) is 3.44. The first-order valence-electron chi connectivity index (χ1n) is 10.9. The molecule has 7 nitrogen and oxygen atoms in total. The van der Waals surface area contributed by atoms with Crippen molar-refractivity contribution in [2.24, 2.45) is 11.7 Å². The highest BCUT2D eigenvalue weighted by Crippen LogP contribution is 2.40. The van der Waals surface area contributed by atoms with E-state index in [9.17, 15) is 9.59 Å². The number of nitrogens with two attached hydrogens (primary N) is 1. The Bertz CT molecular complexity index is 706. The third-order valence-corrected chi connectivity index (χ3v) is 6.67. The van der Waals surface area contributed by atoms with E-state index < -0.39 is 0 Å². The van der Waals surface area contributed by atoms with Gasteiger partial charge < -0.3 is 20.5 Å². The van der Waals surface area contributed by atoms with Crippen molar-refractivity contribution in [2.75, 3.05) is 6.54 Å². The number of piperidine rings is 1. The highest BCUT2D eigenvalue weighted by atomic mass is 16.5. The van der Waals surface area contributed by atoms with E-state index in [2.05, 4.69) is 22.3 Å². The third-order valence-electron chi connectivity index (χ3n) is 6.67. The van der Waals surface area contributed by atoms with Crippen LogP contribution in [0.5, 0.6) is 0 Å². The van der Waals surface area contributed by atoms with Crippen molar-refractivity contribution >= 4 is 11.8 Å². The van der Waals surface area contributed by atoms with Gasteiger partial charge in [0.25, 0.3) is 5.91 Å². The number of hydrogen-bond acceptors (Lipinski definition) is 5. The Morgan fingerprint density at radius 2 is 1.96 bits per heavy atom. The van der Waals surface area contributed by atoms with E-state index in [0.717, 1.165) is 63.5 Å². The van der Waals surface area contributed by atoms with Crippen molar-refractivity contribution in [3.8, 4) is 0 Å². The molecule has 1 aromatic heterocycles. The van der Waals surface area contributed by atoms with Crippen molar-refractivity contribution in [3.63, 3.8) is 0 Å². The Morgan fingerprint density at radius 1 is 1.21 bits per heavy atom. The molecule has 2 atom stereocenters. The van der Waals surface area contributed by atoms with Crippen LogP contribution in [0.2, 0.25) is 0 Å². The molecule has 4 rings (SSSR count). The summed E-state index contributed by atoms with van der Waals surface area (Å²) in [5, 5.41) is 7.03. The maximum atomic E-state index is 13.0. The number of hydrogen-bond donors (Lipinski definition) is 2. The Kier molecular flexibility index (Phi) is 5.71. The second-order valence-electron chi connectivity index (χ2n) is 8.79. The van der Waals surface area contributed by atoms with Crippen LogP contribution in [0.3, 0.4) is 0 Å². The number of nitrogens with one attached hydrogen (secondary N) is 1. The molecule has 1 saturated heterocycles. The molecule has 2 amide bonds. The van der Waals surface area contributed by atoms with E-state index in [1.807, 2.05) is 0 Å². The summed E-state index contributed by atoms with van der Waals surface area (Å²) in [6, 6.07) is 2.28. The fourth-order valence-electron chi connectivity index (χ4n) is 4.68. The second kappa shape index (κ2) is 8.23. The Hall–Kier alpha value is -1.89. The summed E-state index contributed by atoms with van der Waals surface area (Å²) in [4.78, 5) is 27.6. The monoisotopic (exact) mass is 388 g/mol. The van der Waals surface area contributed by atoms with E-state index in [1.54, 1.807) is 6.07 Å². The standard InChI is InChI=1S/C21H32N4O3/c1-2-17-11-16(23-20(26)18-12-19(28-24-18)13-3-4-13)9-10-25(17)21(27)14-5-7-15(22)8-6-14/h12-17H,2-11,22H2,1H3,(H,23,26)/t14?,15?,16?,17-/m1/s1. The van der Waals surface area contributed by atoms with Gasteiger partial charge >= 0.3 is 0 Å². The lowest BCUT2D eigenvalue weighted by atomic mass is 9.84. The predicted octanol–water partition coefficient (Wildman–Crippen LogP) is 2.57. The molecule has 2 aliphatic carbocycles. The Morgan fingerprint density at radius 3 is 2.64 bits per heavy atom. The molecular formula is C21H32N4O3. The van der Waals surface area contributed by atoms with Crippen LogP contribution in [0.1, 0.15) is 86.9 Å². The number of rotatable bonds is 5. The van der Waals surface area contributed by atoms with Crippen molar-refractivity contribution in [3.05, 3.63) is 17.5 Å². The molecule has 2 heterocycles. The molecule has 0 bridgehead atoms. The fourth-order valence-corrected chi connectivity index (χ4v) is 4.68. The summed E-state index contributed by atoms with van der Waals surface area (Å²) < 4.78 is 5.29. The van der Waals surface area contributed by atoms with Gasteiger partial charge in [0.15, 0.2) is 5.69 Å². The molecule has 0 radical (unpaired) electrons. The highest BCUT2D eigenvalue weighted by Gasteiger charge is 2.36. The predicted molar refractivity (Wildman–Crippen MR) is 105 cm³/mol. The van der Waals surface area contributed by atoms with Gasteiger partial charge in [0.05, 0.1) is 0 Å². The molecule has 1 aliphatic heterocycles. The number of amides is 2. The van der Waals surface area contributed by atoms with Crippen molar-refractivity contribution in [1.29, 1.82) is 0 Å². The second-order valence-corrected chi connectivity index (χ2v) is 8.79. The SMILES string of the molecule is CC[C@@H]1CC(NC(=O)c2cc(C3CC3)on2)CCN1C(=O)C1CCC(N)CC1. The first kappa shape index (κ1) is 19.4.